The van der Waals surface area contributed by atoms with Crippen LogP contribution in [-0.2, 0) is 0 Å². The van der Waals surface area contributed by atoms with Gasteiger partial charge in [0.15, 0.2) is 6.29 Å². The molecule has 3 aromatic rings. The number of pyridine rings is 1. The highest BCUT2D eigenvalue weighted by Crippen LogP contribution is 2.28. The molecule has 0 fully saturated rings. The van der Waals surface area contributed by atoms with E-state index in [1.54, 1.807) is 30.5 Å². The molecule has 0 N–H and O–H groups in total. The molecule has 1 aromatic heterocycles. The summed E-state index contributed by atoms with van der Waals surface area (Å²) in [7, 11) is 0. The smallest absolute Gasteiger partial charge is 0.229 e. The Morgan fingerprint density at radius 1 is 0.773 bits per heavy atom. The van der Waals surface area contributed by atoms with Gasteiger partial charge in [0.2, 0.25) is 5.88 Å². The summed E-state index contributed by atoms with van der Waals surface area (Å²) in [6, 6.07) is 20.0. The number of aldehydes is 1. The number of carbonyl (C=O) groups excluding carboxylic acids is 1. The van der Waals surface area contributed by atoms with Crippen molar-refractivity contribution in [2.45, 2.75) is 0 Å². The number of ether oxygens (including phenoxy) is 2. The van der Waals surface area contributed by atoms with Gasteiger partial charge in [-0.1, -0.05) is 24.3 Å². The Kier molecular flexibility index (Phi) is 4.11. The summed E-state index contributed by atoms with van der Waals surface area (Å²) in [6.45, 7) is 0. The van der Waals surface area contributed by atoms with E-state index in [1.807, 2.05) is 42.5 Å². The molecule has 4 nitrogen and oxygen atoms in total. The summed E-state index contributed by atoms with van der Waals surface area (Å²) in [5.41, 5.74) is 0.400. The lowest BCUT2D eigenvalue weighted by molar-refractivity contribution is 0.112. The van der Waals surface area contributed by atoms with E-state index >= 15 is 0 Å². The van der Waals surface area contributed by atoms with E-state index < -0.39 is 0 Å². The Balaban J connectivity index is 1.81. The number of para-hydroxylation sites is 1. The maximum Gasteiger partial charge on any atom is 0.229 e. The van der Waals surface area contributed by atoms with Gasteiger partial charge < -0.3 is 9.47 Å². The molecular formula is C18H13NO3. The van der Waals surface area contributed by atoms with Crippen molar-refractivity contribution >= 4 is 6.29 Å². The van der Waals surface area contributed by atoms with Crippen LogP contribution in [-0.4, -0.2) is 11.3 Å². The van der Waals surface area contributed by atoms with Gasteiger partial charge in [0.25, 0.3) is 0 Å². The highest BCUT2D eigenvalue weighted by atomic mass is 16.5. The standard InChI is InChI=1S/C18H13NO3/c20-13-14-6-5-11-19-18(14)22-17-10-4-9-16(12-17)21-15-7-2-1-3-8-15/h1-13H. The van der Waals surface area contributed by atoms with Gasteiger partial charge in [-0.25, -0.2) is 4.98 Å². The van der Waals surface area contributed by atoms with E-state index in [0.29, 0.717) is 23.3 Å². The minimum atomic E-state index is 0.273. The van der Waals surface area contributed by atoms with E-state index in [0.717, 1.165) is 5.75 Å². The predicted molar refractivity (Wildman–Crippen MR) is 82.7 cm³/mol. The van der Waals surface area contributed by atoms with Crippen molar-refractivity contribution in [2.24, 2.45) is 0 Å². The predicted octanol–water partition coefficient (Wildman–Crippen LogP) is 4.48. The molecule has 0 aliphatic carbocycles. The van der Waals surface area contributed by atoms with Gasteiger partial charge in [-0.05, 0) is 36.4 Å². The first kappa shape index (κ1) is 13.8. The fourth-order valence-corrected chi connectivity index (χ4v) is 1.92. The van der Waals surface area contributed by atoms with Crippen LogP contribution in [0.3, 0.4) is 0 Å². The highest BCUT2D eigenvalue weighted by molar-refractivity contribution is 5.78. The third-order valence-electron chi connectivity index (χ3n) is 2.93. The van der Waals surface area contributed by atoms with E-state index in [9.17, 15) is 4.79 Å². The molecule has 1 heterocycles. The molecule has 0 aliphatic heterocycles. The summed E-state index contributed by atoms with van der Waals surface area (Å²) < 4.78 is 11.4. The van der Waals surface area contributed by atoms with Gasteiger partial charge in [0.1, 0.15) is 17.2 Å². The number of benzene rings is 2. The minimum Gasteiger partial charge on any atom is -0.457 e. The molecule has 0 unspecified atom stereocenters. The molecule has 22 heavy (non-hydrogen) atoms. The number of hydrogen-bond donors (Lipinski definition) is 0. The topological polar surface area (TPSA) is 48.4 Å². The number of aromatic nitrogens is 1. The van der Waals surface area contributed by atoms with Crippen molar-refractivity contribution in [2.75, 3.05) is 0 Å². The monoisotopic (exact) mass is 291 g/mol. The Hall–Kier alpha value is -3.14. The molecule has 0 amide bonds. The average Bonchev–Trinajstić information content (AvgIpc) is 2.57. The van der Waals surface area contributed by atoms with Crippen molar-refractivity contribution in [3.63, 3.8) is 0 Å². The fourth-order valence-electron chi connectivity index (χ4n) is 1.92. The number of carbonyl (C=O) groups is 1. The molecule has 3 rings (SSSR count). The number of hydrogen-bond acceptors (Lipinski definition) is 4. The van der Waals surface area contributed by atoms with Crippen LogP contribution in [0.15, 0.2) is 72.9 Å². The number of rotatable bonds is 5. The first-order chi connectivity index (χ1) is 10.8. The molecule has 0 atom stereocenters. The zero-order chi connectivity index (χ0) is 15.2. The molecule has 0 saturated heterocycles. The Labute approximate surface area is 128 Å². The minimum absolute atomic E-state index is 0.273. The Morgan fingerprint density at radius 3 is 2.27 bits per heavy atom. The largest absolute Gasteiger partial charge is 0.457 e. The first-order valence-electron chi connectivity index (χ1n) is 6.76. The molecule has 0 saturated carbocycles. The van der Waals surface area contributed by atoms with Crippen LogP contribution in [0.1, 0.15) is 10.4 Å². The molecule has 108 valence electrons. The quantitative estimate of drug-likeness (QED) is 0.650. The third kappa shape index (κ3) is 3.30. The molecule has 0 aliphatic rings. The summed E-state index contributed by atoms with van der Waals surface area (Å²) in [4.78, 5) is 15.0. The van der Waals surface area contributed by atoms with Gasteiger partial charge in [-0.3, -0.25) is 4.79 Å². The highest BCUT2D eigenvalue weighted by Gasteiger charge is 2.06. The maximum atomic E-state index is 11.0. The summed E-state index contributed by atoms with van der Waals surface area (Å²) in [5, 5.41) is 0. The van der Waals surface area contributed by atoms with Crippen molar-refractivity contribution in [1.82, 2.24) is 4.98 Å². The van der Waals surface area contributed by atoms with E-state index in [1.165, 1.54) is 0 Å². The van der Waals surface area contributed by atoms with Crippen LogP contribution < -0.4 is 9.47 Å². The SMILES string of the molecule is O=Cc1cccnc1Oc1cccc(Oc2ccccc2)c1. The van der Waals surface area contributed by atoms with Crippen molar-refractivity contribution in [3.8, 4) is 23.1 Å². The zero-order valence-electron chi connectivity index (χ0n) is 11.7. The molecular weight excluding hydrogens is 278 g/mol. The second-order valence-corrected chi connectivity index (χ2v) is 4.51. The first-order valence-corrected chi connectivity index (χ1v) is 6.76. The van der Waals surface area contributed by atoms with Crippen LogP contribution in [0.5, 0.6) is 23.1 Å². The zero-order valence-corrected chi connectivity index (χ0v) is 11.7. The normalized spacial score (nSPS) is 10.0. The summed E-state index contributed by atoms with van der Waals surface area (Å²) in [5.74, 6) is 2.21. The summed E-state index contributed by atoms with van der Waals surface area (Å²) in [6.07, 6.45) is 2.29. The molecule has 2 aromatic carbocycles. The Morgan fingerprint density at radius 2 is 1.50 bits per heavy atom. The fraction of sp³-hybridized carbons (Fsp3) is 0. The molecule has 0 bridgehead atoms. The van der Waals surface area contributed by atoms with Gasteiger partial charge >= 0.3 is 0 Å². The molecule has 0 spiro atoms. The number of nitrogens with zero attached hydrogens (tertiary/aromatic N) is 1. The second kappa shape index (κ2) is 6.54. The van der Waals surface area contributed by atoms with Crippen LogP contribution in [0, 0.1) is 0 Å². The maximum absolute atomic E-state index is 11.0. The van der Waals surface area contributed by atoms with Gasteiger partial charge in [0, 0.05) is 12.3 Å². The lowest BCUT2D eigenvalue weighted by Gasteiger charge is -2.09. The van der Waals surface area contributed by atoms with E-state index in [4.69, 9.17) is 9.47 Å². The lowest BCUT2D eigenvalue weighted by atomic mass is 10.3. The van der Waals surface area contributed by atoms with Crippen LogP contribution in [0.25, 0.3) is 0 Å². The summed E-state index contributed by atoms with van der Waals surface area (Å²) >= 11 is 0. The van der Waals surface area contributed by atoms with Gasteiger partial charge in [-0.15, -0.1) is 0 Å². The van der Waals surface area contributed by atoms with Crippen molar-refractivity contribution < 1.29 is 14.3 Å². The third-order valence-corrected chi connectivity index (χ3v) is 2.93. The van der Waals surface area contributed by atoms with Crippen molar-refractivity contribution in [3.05, 3.63) is 78.5 Å². The van der Waals surface area contributed by atoms with Gasteiger partial charge in [-0.2, -0.15) is 0 Å². The van der Waals surface area contributed by atoms with E-state index in [-0.39, 0.29) is 5.88 Å². The molecule has 4 heteroatoms. The lowest BCUT2D eigenvalue weighted by Crippen LogP contribution is -1.93. The van der Waals surface area contributed by atoms with E-state index in [2.05, 4.69) is 4.98 Å². The van der Waals surface area contributed by atoms with Crippen LogP contribution in [0.2, 0.25) is 0 Å². The second-order valence-electron chi connectivity index (χ2n) is 4.51. The van der Waals surface area contributed by atoms with Gasteiger partial charge in [0.05, 0.1) is 5.56 Å². The average molecular weight is 291 g/mol. The van der Waals surface area contributed by atoms with Crippen LogP contribution >= 0.6 is 0 Å². The molecule has 0 radical (unpaired) electrons. The van der Waals surface area contributed by atoms with Crippen molar-refractivity contribution in [1.29, 1.82) is 0 Å². The van der Waals surface area contributed by atoms with Crippen LogP contribution in [0.4, 0.5) is 0 Å². The Bertz CT molecular complexity index is 772.